The minimum atomic E-state index is -4.48. The highest BCUT2D eigenvalue weighted by Crippen LogP contribution is 2.37. The molecule has 0 saturated carbocycles. The van der Waals surface area contributed by atoms with Crippen molar-refractivity contribution in [3.8, 4) is 0 Å². The van der Waals surface area contributed by atoms with Gasteiger partial charge in [-0.15, -0.1) is 0 Å². The van der Waals surface area contributed by atoms with E-state index in [0.29, 0.717) is 6.08 Å². The van der Waals surface area contributed by atoms with Crippen LogP contribution in [-0.2, 0) is 18.9 Å². The van der Waals surface area contributed by atoms with Gasteiger partial charge in [-0.1, -0.05) is 0 Å². The van der Waals surface area contributed by atoms with Crippen molar-refractivity contribution in [3.05, 3.63) is 17.2 Å². The van der Waals surface area contributed by atoms with Crippen LogP contribution in [0.3, 0.4) is 0 Å². The van der Waals surface area contributed by atoms with E-state index >= 15 is 0 Å². The maximum absolute atomic E-state index is 10.5. The number of rotatable bonds is 4. The summed E-state index contributed by atoms with van der Waals surface area (Å²) in [5.74, 6) is 3.53. The Morgan fingerprint density at radius 1 is 1.21 bits per heavy atom. The third kappa shape index (κ3) is 4.51. The Balaban J connectivity index is 5.13. The summed E-state index contributed by atoms with van der Waals surface area (Å²) in [6, 6.07) is 0. The summed E-state index contributed by atoms with van der Waals surface area (Å²) in [4.78, 5) is 47.2. The van der Waals surface area contributed by atoms with Crippen molar-refractivity contribution in [2.75, 3.05) is 6.16 Å². The van der Waals surface area contributed by atoms with Gasteiger partial charge in [0.25, 0.3) is 0 Å². The van der Waals surface area contributed by atoms with Crippen molar-refractivity contribution in [2.24, 2.45) is 0 Å². The first-order valence-electron chi connectivity index (χ1n) is 3.19. The fourth-order valence-corrected chi connectivity index (χ4v) is 1.26. The number of hydrogen-bond donors (Lipinski definition) is 2. The zero-order chi connectivity index (χ0) is 11.2. The van der Waals surface area contributed by atoms with Crippen LogP contribution in [0, 0.1) is 0 Å². The standard InChI is InChI=1S/C7H5O6P/c8-2-1-6(3-9)7(4-10)5-14(11,12)13/h1H,5H2,(H2,11,12,13). The third-order valence-corrected chi connectivity index (χ3v) is 1.85. The molecule has 0 rings (SSSR count). The van der Waals surface area contributed by atoms with Crippen molar-refractivity contribution >= 4 is 25.4 Å². The molecule has 0 heterocycles. The van der Waals surface area contributed by atoms with E-state index in [1.807, 2.05) is 0 Å². The second kappa shape index (κ2) is 5.28. The minimum absolute atomic E-state index is 0.557. The molecule has 6 nitrogen and oxygen atoms in total. The number of allylic oxidation sites excluding steroid dienone is 3. The normalized spacial score (nSPS) is 9.29. The molecule has 0 unspecified atom stereocenters. The van der Waals surface area contributed by atoms with Crippen LogP contribution < -0.4 is 0 Å². The SMILES string of the molecule is O=C=CC(=C=O)C(=C=O)CP(=O)(O)O. The molecule has 0 atom stereocenters. The van der Waals surface area contributed by atoms with Gasteiger partial charge >= 0.3 is 7.60 Å². The lowest BCUT2D eigenvalue weighted by Crippen LogP contribution is -1.97. The molecular weight excluding hydrogens is 211 g/mol. The van der Waals surface area contributed by atoms with E-state index in [-0.39, 0.29) is 0 Å². The Morgan fingerprint density at radius 3 is 2.07 bits per heavy atom. The van der Waals surface area contributed by atoms with Gasteiger partial charge in [-0.05, 0) is 0 Å². The number of hydrogen-bond acceptors (Lipinski definition) is 4. The Bertz CT molecular complexity index is 411. The van der Waals surface area contributed by atoms with Crippen molar-refractivity contribution < 1.29 is 28.7 Å². The molecule has 0 bridgehead atoms. The van der Waals surface area contributed by atoms with E-state index in [9.17, 15) is 18.9 Å². The van der Waals surface area contributed by atoms with Crippen LogP contribution in [0.25, 0.3) is 0 Å². The highest BCUT2D eigenvalue weighted by atomic mass is 31.2. The minimum Gasteiger partial charge on any atom is -0.324 e. The van der Waals surface area contributed by atoms with Gasteiger partial charge < -0.3 is 9.79 Å². The predicted octanol–water partition coefficient (Wildman–Crippen LogP) is -0.932. The van der Waals surface area contributed by atoms with E-state index in [4.69, 9.17) is 9.79 Å². The van der Waals surface area contributed by atoms with Crippen molar-refractivity contribution in [1.82, 2.24) is 0 Å². The molecule has 0 aromatic rings. The van der Waals surface area contributed by atoms with E-state index < -0.39 is 24.9 Å². The second-order valence-electron chi connectivity index (χ2n) is 2.18. The zero-order valence-corrected chi connectivity index (χ0v) is 7.65. The molecule has 0 fully saturated rings. The van der Waals surface area contributed by atoms with Gasteiger partial charge in [-0.25, -0.2) is 14.4 Å². The van der Waals surface area contributed by atoms with Crippen molar-refractivity contribution in [2.45, 2.75) is 0 Å². The Morgan fingerprint density at radius 2 is 1.79 bits per heavy atom. The average Bonchev–Trinajstić information content (AvgIpc) is 2.09. The molecule has 2 N–H and O–H groups in total. The van der Waals surface area contributed by atoms with Crippen LogP contribution in [0.1, 0.15) is 0 Å². The summed E-state index contributed by atoms with van der Waals surface area (Å²) < 4.78 is 10.5. The molecule has 74 valence electrons. The molecule has 0 radical (unpaired) electrons. The van der Waals surface area contributed by atoms with E-state index in [1.54, 1.807) is 0 Å². The Hall–Kier alpha value is -1.50. The lowest BCUT2D eigenvalue weighted by atomic mass is 10.1. The largest absolute Gasteiger partial charge is 0.330 e. The lowest BCUT2D eigenvalue weighted by molar-refractivity contribution is 0.376. The molecule has 7 heteroatoms. The first-order valence-corrected chi connectivity index (χ1v) is 4.99. The highest BCUT2D eigenvalue weighted by Gasteiger charge is 2.19. The molecule has 14 heavy (non-hydrogen) atoms. The van der Waals surface area contributed by atoms with Crippen LogP contribution in [0.5, 0.6) is 0 Å². The monoisotopic (exact) mass is 216 g/mol. The summed E-state index contributed by atoms with van der Waals surface area (Å²) in [5, 5.41) is 0. The summed E-state index contributed by atoms with van der Waals surface area (Å²) in [5.41, 5.74) is -1.16. The fraction of sp³-hybridized carbons (Fsp3) is 0.143. The van der Waals surface area contributed by atoms with Crippen LogP contribution in [-0.4, -0.2) is 33.8 Å². The molecule has 0 amide bonds. The first kappa shape index (κ1) is 12.5. The van der Waals surface area contributed by atoms with E-state index in [1.165, 1.54) is 11.9 Å². The third-order valence-electron chi connectivity index (χ3n) is 1.13. The smallest absolute Gasteiger partial charge is 0.324 e. The fourth-order valence-electron chi connectivity index (χ4n) is 0.615. The molecule has 0 aromatic heterocycles. The molecule has 0 spiro atoms. The molecule has 0 aliphatic heterocycles. The van der Waals surface area contributed by atoms with Gasteiger partial charge in [0, 0.05) is 6.08 Å². The van der Waals surface area contributed by atoms with Gasteiger partial charge in [-0.3, -0.25) is 4.57 Å². The van der Waals surface area contributed by atoms with Gasteiger partial charge in [0.2, 0.25) is 0 Å². The highest BCUT2D eigenvalue weighted by molar-refractivity contribution is 7.52. The summed E-state index contributed by atoms with van der Waals surface area (Å²) in [6.07, 6.45) is -0.401. The average molecular weight is 216 g/mol. The summed E-state index contributed by atoms with van der Waals surface area (Å²) in [7, 11) is -4.48. The van der Waals surface area contributed by atoms with Crippen molar-refractivity contribution in [3.63, 3.8) is 0 Å². The van der Waals surface area contributed by atoms with Crippen LogP contribution >= 0.6 is 7.60 Å². The molecule has 0 saturated heterocycles. The Labute approximate surface area is 78.4 Å². The summed E-state index contributed by atoms with van der Waals surface area (Å²) in [6.45, 7) is 0. The number of carbonyl (C=O) groups excluding carboxylic acids is 3. The van der Waals surface area contributed by atoms with Crippen LogP contribution in [0.15, 0.2) is 17.2 Å². The maximum atomic E-state index is 10.5. The molecular formula is C7H5O6P. The second-order valence-corrected chi connectivity index (χ2v) is 3.83. The predicted molar refractivity (Wildman–Crippen MR) is 45.6 cm³/mol. The van der Waals surface area contributed by atoms with E-state index in [2.05, 4.69) is 0 Å². The quantitative estimate of drug-likeness (QED) is 0.357. The van der Waals surface area contributed by atoms with Gasteiger partial charge in [-0.2, -0.15) is 0 Å². The van der Waals surface area contributed by atoms with Gasteiger partial charge in [0.05, 0.1) is 17.3 Å². The van der Waals surface area contributed by atoms with Gasteiger partial charge in [0.15, 0.2) is 0 Å². The topological polar surface area (TPSA) is 109 Å². The molecule has 0 aliphatic carbocycles. The maximum Gasteiger partial charge on any atom is 0.330 e. The van der Waals surface area contributed by atoms with E-state index in [0.717, 1.165) is 5.94 Å². The summed E-state index contributed by atoms with van der Waals surface area (Å²) >= 11 is 0. The van der Waals surface area contributed by atoms with Crippen LogP contribution in [0.4, 0.5) is 0 Å². The molecule has 0 aromatic carbocycles. The first-order chi connectivity index (χ1) is 6.44. The molecule has 0 aliphatic rings. The zero-order valence-electron chi connectivity index (χ0n) is 6.76. The van der Waals surface area contributed by atoms with Crippen molar-refractivity contribution in [1.29, 1.82) is 0 Å². The Kier molecular flexibility index (Phi) is 4.71. The van der Waals surface area contributed by atoms with Gasteiger partial charge in [0.1, 0.15) is 17.8 Å². The lowest BCUT2D eigenvalue weighted by Gasteiger charge is -2.02. The van der Waals surface area contributed by atoms with Crippen LogP contribution in [0.2, 0.25) is 0 Å².